The summed E-state index contributed by atoms with van der Waals surface area (Å²) in [4.78, 5) is 26.7. The number of aryl methyl sites for hydroxylation is 1. The van der Waals surface area contributed by atoms with Crippen LogP contribution >= 0.6 is 0 Å². The third-order valence-corrected chi connectivity index (χ3v) is 4.43. The molecule has 2 aromatic carbocycles. The molecule has 25 heavy (non-hydrogen) atoms. The molecule has 1 amide bonds. The largest absolute Gasteiger partial charge is 0.496 e. The summed E-state index contributed by atoms with van der Waals surface area (Å²) in [5.74, 6) is -0.133. The predicted molar refractivity (Wildman–Crippen MR) is 95.1 cm³/mol. The van der Waals surface area contributed by atoms with E-state index in [9.17, 15) is 9.59 Å². The number of benzene rings is 2. The summed E-state index contributed by atoms with van der Waals surface area (Å²) in [5.41, 5.74) is 3.32. The van der Waals surface area contributed by atoms with Crippen LogP contribution in [0, 0.1) is 6.92 Å². The molecule has 5 heteroatoms. The van der Waals surface area contributed by atoms with Gasteiger partial charge in [0.1, 0.15) is 5.75 Å². The van der Waals surface area contributed by atoms with Crippen LogP contribution in [0.3, 0.4) is 0 Å². The van der Waals surface area contributed by atoms with Crippen molar-refractivity contribution in [2.75, 3.05) is 18.6 Å². The summed E-state index contributed by atoms with van der Waals surface area (Å²) in [6.45, 7) is 4.11. The van der Waals surface area contributed by atoms with Crippen LogP contribution in [-0.4, -0.2) is 31.6 Å². The van der Waals surface area contributed by atoms with E-state index in [-0.39, 0.29) is 5.91 Å². The molecular formula is C20H21NO4. The van der Waals surface area contributed by atoms with Crippen molar-refractivity contribution in [1.29, 1.82) is 0 Å². The zero-order valence-electron chi connectivity index (χ0n) is 14.6. The van der Waals surface area contributed by atoms with Gasteiger partial charge in [0, 0.05) is 12.2 Å². The quantitative estimate of drug-likeness (QED) is 0.803. The Kier molecular flexibility index (Phi) is 4.74. The highest BCUT2D eigenvalue weighted by molar-refractivity contribution is 6.00. The van der Waals surface area contributed by atoms with Crippen LogP contribution in [0.5, 0.6) is 5.75 Å². The molecule has 0 saturated carbocycles. The number of amides is 1. The number of fused-ring (bicyclic) bond motifs is 1. The van der Waals surface area contributed by atoms with E-state index in [0.717, 1.165) is 23.2 Å². The fraction of sp³-hybridized carbons (Fsp3) is 0.300. The summed E-state index contributed by atoms with van der Waals surface area (Å²) in [6, 6.07) is 12.9. The van der Waals surface area contributed by atoms with Gasteiger partial charge in [-0.05, 0) is 49.6 Å². The highest BCUT2D eigenvalue weighted by Crippen LogP contribution is 2.28. The molecule has 3 rings (SSSR count). The van der Waals surface area contributed by atoms with E-state index >= 15 is 0 Å². The molecule has 0 N–H and O–H groups in total. The monoisotopic (exact) mass is 339 g/mol. The van der Waals surface area contributed by atoms with Crippen molar-refractivity contribution in [1.82, 2.24) is 0 Å². The maximum atomic E-state index is 12.7. The van der Waals surface area contributed by atoms with Gasteiger partial charge < -0.3 is 14.4 Å². The Morgan fingerprint density at radius 1 is 1.16 bits per heavy atom. The lowest BCUT2D eigenvalue weighted by Gasteiger charge is -2.21. The number of nitrogens with zero attached hydrogens (tertiary/aromatic N) is 1. The van der Waals surface area contributed by atoms with Crippen molar-refractivity contribution in [2.45, 2.75) is 26.4 Å². The van der Waals surface area contributed by atoms with E-state index in [0.29, 0.717) is 17.9 Å². The average Bonchev–Trinajstić information content (AvgIpc) is 3.05. The molecule has 0 aromatic heterocycles. The van der Waals surface area contributed by atoms with E-state index in [4.69, 9.17) is 9.47 Å². The number of para-hydroxylation sites is 1. The minimum absolute atomic E-state index is 0.211. The SMILES string of the molecule is COc1cc(C(=O)O[C@H](C)C(=O)N2CCc3ccccc32)ccc1C. The fourth-order valence-corrected chi connectivity index (χ4v) is 3.01. The summed E-state index contributed by atoms with van der Waals surface area (Å²) < 4.78 is 10.6. The topological polar surface area (TPSA) is 55.8 Å². The van der Waals surface area contributed by atoms with Crippen LogP contribution in [0.1, 0.15) is 28.4 Å². The first-order valence-electron chi connectivity index (χ1n) is 8.26. The zero-order valence-corrected chi connectivity index (χ0v) is 14.6. The number of esters is 1. The Balaban J connectivity index is 1.71. The molecule has 0 radical (unpaired) electrons. The molecule has 0 spiro atoms. The highest BCUT2D eigenvalue weighted by atomic mass is 16.5. The van der Waals surface area contributed by atoms with Gasteiger partial charge in [-0.25, -0.2) is 4.79 Å². The number of carbonyl (C=O) groups is 2. The van der Waals surface area contributed by atoms with Gasteiger partial charge in [0.2, 0.25) is 0 Å². The number of anilines is 1. The van der Waals surface area contributed by atoms with Crippen molar-refractivity contribution in [3.05, 3.63) is 59.2 Å². The number of hydrogen-bond donors (Lipinski definition) is 0. The maximum Gasteiger partial charge on any atom is 0.339 e. The standard InChI is InChI=1S/C20H21NO4/c1-13-8-9-16(12-18(13)24-3)20(23)25-14(2)19(22)21-11-10-15-6-4-5-7-17(15)21/h4-9,12,14H,10-11H2,1-3H3/t14-/m1/s1. The summed E-state index contributed by atoms with van der Waals surface area (Å²) >= 11 is 0. The average molecular weight is 339 g/mol. The van der Waals surface area contributed by atoms with Gasteiger partial charge in [-0.3, -0.25) is 4.79 Å². The van der Waals surface area contributed by atoms with Gasteiger partial charge in [0.15, 0.2) is 6.10 Å². The molecule has 130 valence electrons. The van der Waals surface area contributed by atoms with Gasteiger partial charge >= 0.3 is 5.97 Å². The summed E-state index contributed by atoms with van der Waals surface area (Å²) in [6.07, 6.45) is -0.0384. The molecule has 1 aliphatic rings. The number of ether oxygens (including phenoxy) is 2. The van der Waals surface area contributed by atoms with Crippen LogP contribution in [0.4, 0.5) is 5.69 Å². The minimum atomic E-state index is -0.856. The molecule has 0 bridgehead atoms. The molecule has 5 nitrogen and oxygen atoms in total. The number of methoxy groups -OCH3 is 1. The molecule has 0 saturated heterocycles. The van der Waals surface area contributed by atoms with Gasteiger partial charge in [-0.1, -0.05) is 24.3 Å². The highest BCUT2D eigenvalue weighted by Gasteiger charge is 2.30. The molecular weight excluding hydrogens is 318 g/mol. The number of carbonyl (C=O) groups excluding carboxylic acids is 2. The van der Waals surface area contributed by atoms with Crippen molar-refractivity contribution < 1.29 is 19.1 Å². The Labute approximate surface area is 147 Å². The smallest absolute Gasteiger partial charge is 0.339 e. The molecule has 0 aliphatic carbocycles. The second-order valence-electron chi connectivity index (χ2n) is 6.10. The van der Waals surface area contributed by atoms with Crippen LogP contribution in [-0.2, 0) is 16.0 Å². The lowest BCUT2D eigenvalue weighted by Crippen LogP contribution is -2.39. The predicted octanol–water partition coefficient (Wildman–Crippen LogP) is 3.14. The van der Waals surface area contributed by atoms with Crippen LogP contribution in [0.25, 0.3) is 0 Å². The Morgan fingerprint density at radius 2 is 1.92 bits per heavy atom. The second kappa shape index (κ2) is 6.97. The summed E-state index contributed by atoms with van der Waals surface area (Å²) in [7, 11) is 1.55. The molecule has 0 unspecified atom stereocenters. The normalized spacial score (nSPS) is 14.0. The Bertz CT molecular complexity index is 815. The zero-order chi connectivity index (χ0) is 18.0. The molecule has 1 aliphatic heterocycles. The van der Waals surface area contributed by atoms with Crippen LogP contribution < -0.4 is 9.64 Å². The van der Waals surface area contributed by atoms with Gasteiger partial charge in [0.25, 0.3) is 5.91 Å². The van der Waals surface area contributed by atoms with E-state index in [1.807, 2.05) is 31.2 Å². The van der Waals surface area contributed by atoms with E-state index in [1.54, 1.807) is 37.1 Å². The van der Waals surface area contributed by atoms with Crippen molar-refractivity contribution in [3.63, 3.8) is 0 Å². The second-order valence-corrected chi connectivity index (χ2v) is 6.10. The van der Waals surface area contributed by atoms with E-state index in [2.05, 4.69) is 0 Å². The first-order chi connectivity index (χ1) is 12.0. The summed E-state index contributed by atoms with van der Waals surface area (Å²) in [5, 5.41) is 0. The first kappa shape index (κ1) is 17.0. The van der Waals surface area contributed by atoms with Crippen LogP contribution in [0.2, 0.25) is 0 Å². The van der Waals surface area contributed by atoms with Gasteiger partial charge in [-0.2, -0.15) is 0 Å². The fourth-order valence-electron chi connectivity index (χ4n) is 3.01. The van der Waals surface area contributed by atoms with Crippen LogP contribution in [0.15, 0.2) is 42.5 Å². The van der Waals surface area contributed by atoms with E-state index in [1.165, 1.54) is 0 Å². The van der Waals surface area contributed by atoms with Crippen molar-refractivity contribution >= 4 is 17.6 Å². The van der Waals surface area contributed by atoms with Crippen molar-refractivity contribution in [3.8, 4) is 5.75 Å². The van der Waals surface area contributed by atoms with E-state index < -0.39 is 12.1 Å². The van der Waals surface area contributed by atoms with Gasteiger partial charge in [0.05, 0.1) is 12.7 Å². The van der Waals surface area contributed by atoms with Gasteiger partial charge in [-0.15, -0.1) is 0 Å². The number of hydrogen-bond acceptors (Lipinski definition) is 4. The lowest BCUT2D eigenvalue weighted by atomic mass is 10.1. The number of rotatable bonds is 4. The lowest BCUT2D eigenvalue weighted by molar-refractivity contribution is -0.126. The first-order valence-corrected chi connectivity index (χ1v) is 8.26. The third kappa shape index (κ3) is 3.36. The van der Waals surface area contributed by atoms with Crippen molar-refractivity contribution in [2.24, 2.45) is 0 Å². The minimum Gasteiger partial charge on any atom is -0.496 e. The Morgan fingerprint density at radius 3 is 2.68 bits per heavy atom. The third-order valence-electron chi connectivity index (χ3n) is 4.43. The molecule has 2 aromatic rings. The Hall–Kier alpha value is -2.82. The molecule has 1 heterocycles. The molecule has 1 atom stereocenters. The maximum absolute atomic E-state index is 12.7. The molecule has 0 fully saturated rings.